The maximum atomic E-state index is 7.63. The third-order valence-corrected chi connectivity index (χ3v) is 3.95. The minimum atomic E-state index is -1.93. The van der Waals surface area contributed by atoms with Crippen LogP contribution in [0, 0.1) is 0 Å². The maximum absolute atomic E-state index is 7.63. The van der Waals surface area contributed by atoms with E-state index >= 15 is 0 Å². The number of aromatic nitrogens is 4. The summed E-state index contributed by atoms with van der Waals surface area (Å²) in [4.78, 5) is 13.3. The van der Waals surface area contributed by atoms with E-state index in [1.165, 1.54) is 0 Å². The Labute approximate surface area is 146 Å². The second-order valence-corrected chi connectivity index (χ2v) is 5.38. The number of nitrogen functional groups attached to an aromatic ring is 1. The molecule has 0 radical (unpaired) electrons. The van der Waals surface area contributed by atoms with Crippen molar-refractivity contribution in [2.24, 2.45) is 0 Å². The Morgan fingerprint density at radius 3 is 2.54 bits per heavy atom. The molecule has 5 nitrogen and oxygen atoms in total. The number of imidazole rings is 1. The first-order valence-electron chi connectivity index (χ1n) is 8.29. The summed E-state index contributed by atoms with van der Waals surface area (Å²) in [6.07, 6.45) is 3.32. The number of benzene rings is 1. The van der Waals surface area contributed by atoms with Crippen LogP contribution in [0.3, 0.4) is 0 Å². The number of pyridine rings is 2. The van der Waals surface area contributed by atoms with Gasteiger partial charge in [-0.15, -0.1) is 11.6 Å². The molecule has 0 fully saturated rings. The van der Waals surface area contributed by atoms with E-state index in [4.69, 9.17) is 20.1 Å². The van der Waals surface area contributed by atoms with Gasteiger partial charge >= 0.3 is 0 Å². The summed E-state index contributed by atoms with van der Waals surface area (Å²) in [5.74, 6) is -0.937. The van der Waals surface area contributed by atoms with E-state index in [1.54, 1.807) is 42.7 Å². The van der Waals surface area contributed by atoms with Crippen LogP contribution < -0.4 is 5.73 Å². The van der Waals surface area contributed by atoms with Gasteiger partial charge < -0.3 is 5.73 Å². The molecule has 2 N–H and O–H groups in total. The van der Waals surface area contributed by atoms with Crippen LogP contribution in [0.5, 0.6) is 0 Å². The van der Waals surface area contributed by atoms with E-state index in [-0.39, 0.29) is 0 Å². The zero-order valence-electron chi connectivity index (χ0n) is 14.5. The van der Waals surface area contributed by atoms with Gasteiger partial charge in [0.1, 0.15) is 11.3 Å². The summed E-state index contributed by atoms with van der Waals surface area (Å²) < 4.78 is 17.1. The van der Waals surface area contributed by atoms with E-state index in [0.717, 1.165) is 11.2 Å². The lowest BCUT2D eigenvalue weighted by Gasteiger charge is -2.10. The highest BCUT2D eigenvalue weighted by molar-refractivity contribution is 6.17. The topological polar surface area (TPSA) is 69.6 Å². The van der Waals surface area contributed by atoms with Crippen molar-refractivity contribution in [3.63, 3.8) is 0 Å². The molecule has 3 heterocycles. The molecule has 4 rings (SSSR count). The molecule has 1 aromatic carbocycles. The van der Waals surface area contributed by atoms with Gasteiger partial charge in [-0.1, -0.05) is 12.1 Å². The van der Waals surface area contributed by atoms with Crippen molar-refractivity contribution in [2.45, 2.75) is 5.83 Å². The summed E-state index contributed by atoms with van der Waals surface area (Å²) in [6, 6.07) is 14.2. The average Bonchev–Trinajstić information content (AvgIpc) is 3.00. The Balaban J connectivity index is 1.97. The van der Waals surface area contributed by atoms with Gasteiger partial charge in [-0.2, -0.15) is 0 Å². The molecule has 0 aliphatic rings. The predicted octanol–water partition coefficient (Wildman–Crippen LogP) is 3.80. The SMILES string of the molecule is [2H]C([2H])(Cl)c1ccc(-n2c(-c3cccnc3N)nc3cccnc32)cc1. The quantitative estimate of drug-likeness (QED) is 0.577. The molecule has 0 spiro atoms. The molecule has 0 bridgehead atoms. The predicted molar refractivity (Wildman–Crippen MR) is 96.1 cm³/mol. The minimum Gasteiger partial charge on any atom is -0.383 e. The van der Waals surface area contributed by atoms with Crippen LogP contribution in [0.1, 0.15) is 8.30 Å². The zero-order valence-corrected chi connectivity index (χ0v) is 13.3. The van der Waals surface area contributed by atoms with Gasteiger partial charge in [0.2, 0.25) is 0 Å². The Morgan fingerprint density at radius 2 is 1.79 bits per heavy atom. The molecule has 0 saturated carbocycles. The average molecular weight is 338 g/mol. The van der Waals surface area contributed by atoms with Gasteiger partial charge in [-0.3, -0.25) is 4.57 Å². The van der Waals surface area contributed by atoms with Gasteiger partial charge in [0.05, 0.1) is 5.56 Å². The molecule has 4 aromatic rings. The van der Waals surface area contributed by atoms with Crippen molar-refractivity contribution in [1.82, 2.24) is 19.5 Å². The van der Waals surface area contributed by atoms with Crippen LogP contribution in [-0.2, 0) is 5.83 Å². The standard InChI is InChI=1S/C18H14ClN5/c19-11-12-5-7-13(8-6-12)24-17(14-3-1-9-21-16(14)20)23-15-4-2-10-22-18(15)24/h1-10H,11H2,(H2,20,21)/i11D2. The van der Waals surface area contributed by atoms with Gasteiger partial charge in [-0.25, -0.2) is 15.0 Å². The number of fused-ring (bicyclic) bond motifs is 1. The lowest BCUT2D eigenvalue weighted by molar-refractivity contribution is 1.07. The highest BCUT2D eigenvalue weighted by atomic mass is 35.5. The fourth-order valence-corrected chi connectivity index (χ4v) is 2.74. The van der Waals surface area contributed by atoms with Crippen molar-refractivity contribution in [2.75, 3.05) is 5.73 Å². The number of nitrogens with zero attached hydrogens (tertiary/aromatic N) is 4. The minimum absolute atomic E-state index is 0.373. The number of rotatable bonds is 3. The Bertz CT molecular complexity index is 1090. The number of anilines is 1. The van der Waals surface area contributed by atoms with E-state index in [1.807, 2.05) is 22.8 Å². The largest absolute Gasteiger partial charge is 0.383 e. The first-order valence-corrected chi connectivity index (χ1v) is 7.67. The van der Waals surface area contributed by atoms with Crippen LogP contribution in [0.25, 0.3) is 28.2 Å². The molecule has 0 atom stereocenters. The Kier molecular flexibility index (Phi) is 3.09. The first-order chi connectivity index (χ1) is 12.4. The lowest BCUT2D eigenvalue weighted by atomic mass is 10.2. The Hall–Kier alpha value is -2.92. The second kappa shape index (κ2) is 5.94. The molecule has 6 heteroatoms. The normalized spacial score (nSPS) is 12.9. The van der Waals surface area contributed by atoms with Crippen LogP contribution in [0.4, 0.5) is 5.82 Å². The van der Waals surface area contributed by atoms with Crippen molar-refractivity contribution in [3.8, 4) is 17.1 Å². The second-order valence-electron chi connectivity index (χ2n) is 5.19. The molecule has 0 aliphatic heterocycles. The smallest absolute Gasteiger partial charge is 0.164 e. The molecule has 24 heavy (non-hydrogen) atoms. The van der Waals surface area contributed by atoms with Crippen molar-refractivity contribution >= 4 is 28.6 Å². The monoisotopic (exact) mass is 337 g/mol. The highest BCUT2D eigenvalue weighted by Gasteiger charge is 2.17. The van der Waals surface area contributed by atoms with Crippen molar-refractivity contribution < 1.29 is 2.74 Å². The summed E-state index contributed by atoms with van der Waals surface area (Å²) in [5, 5.41) is 0. The molecule has 0 saturated heterocycles. The van der Waals surface area contributed by atoms with Gasteiger partial charge in [0.15, 0.2) is 11.5 Å². The summed E-state index contributed by atoms with van der Waals surface area (Å²) >= 11 is 5.76. The van der Waals surface area contributed by atoms with Crippen LogP contribution >= 0.6 is 11.6 Å². The third kappa shape index (κ3) is 2.39. The van der Waals surface area contributed by atoms with Gasteiger partial charge in [0, 0.05) is 26.7 Å². The maximum Gasteiger partial charge on any atom is 0.164 e. The molecule has 0 amide bonds. The van der Waals surface area contributed by atoms with Crippen molar-refractivity contribution in [3.05, 3.63) is 66.5 Å². The summed E-state index contributed by atoms with van der Waals surface area (Å²) in [6.45, 7) is 0. The summed E-state index contributed by atoms with van der Waals surface area (Å²) in [7, 11) is 0. The van der Waals surface area contributed by atoms with Crippen molar-refractivity contribution in [1.29, 1.82) is 0 Å². The summed E-state index contributed by atoms with van der Waals surface area (Å²) in [5.41, 5.74) is 9.30. The number of alkyl halides is 1. The van der Waals surface area contributed by atoms with Crippen LogP contribution in [-0.4, -0.2) is 19.5 Å². The third-order valence-electron chi connectivity index (χ3n) is 3.73. The van der Waals surface area contributed by atoms with Crippen LogP contribution in [0.2, 0.25) is 0 Å². The zero-order chi connectivity index (χ0) is 18.3. The number of halogens is 1. The molecule has 3 aromatic heterocycles. The number of hydrogen-bond acceptors (Lipinski definition) is 4. The van der Waals surface area contributed by atoms with Gasteiger partial charge in [-0.05, 0) is 42.0 Å². The van der Waals surface area contributed by atoms with Gasteiger partial charge in [0.25, 0.3) is 0 Å². The first kappa shape index (κ1) is 12.5. The molecular weight excluding hydrogens is 322 g/mol. The molecule has 0 aliphatic carbocycles. The van der Waals surface area contributed by atoms with Crippen LogP contribution in [0.15, 0.2) is 60.9 Å². The fraction of sp³-hybridized carbons (Fsp3) is 0.0556. The highest BCUT2D eigenvalue weighted by Crippen LogP contribution is 2.30. The number of nitrogens with two attached hydrogens (primary N) is 1. The van der Waals surface area contributed by atoms with E-state index in [9.17, 15) is 0 Å². The molecular formula is C18H14ClN5. The molecule has 118 valence electrons. The Morgan fingerprint density at radius 1 is 1.04 bits per heavy atom. The molecule has 0 unspecified atom stereocenters. The van der Waals surface area contributed by atoms with E-state index in [0.29, 0.717) is 28.4 Å². The van der Waals surface area contributed by atoms with E-state index in [2.05, 4.69) is 15.0 Å². The lowest BCUT2D eigenvalue weighted by Crippen LogP contribution is -2.01. The number of hydrogen-bond donors (Lipinski definition) is 1. The van der Waals surface area contributed by atoms with E-state index < -0.39 is 5.83 Å². The fourth-order valence-electron chi connectivity index (χ4n) is 2.62.